The van der Waals surface area contributed by atoms with Crippen LogP contribution in [0.25, 0.3) is 0 Å². The molecule has 1 unspecified atom stereocenters. The Morgan fingerprint density at radius 1 is 1.40 bits per heavy atom. The zero-order chi connectivity index (χ0) is 15.1. The lowest BCUT2D eigenvalue weighted by molar-refractivity contribution is -0.119. The van der Waals surface area contributed by atoms with Crippen LogP contribution in [0.3, 0.4) is 0 Å². The minimum Gasteiger partial charge on any atom is -0.496 e. The van der Waals surface area contributed by atoms with Crippen LogP contribution >= 0.6 is 23.4 Å². The van der Waals surface area contributed by atoms with Crippen LogP contribution in [-0.2, 0) is 10.5 Å². The summed E-state index contributed by atoms with van der Waals surface area (Å²) in [4.78, 5) is 11.8. The van der Waals surface area contributed by atoms with Gasteiger partial charge in [-0.1, -0.05) is 25.4 Å². The van der Waals surface area contributed by atoms with Gasteiger partial charge in [-0.3, -0.25) is 4.79 Å². The fourth-order valence-electron chi connectivity index (χ4n) is 1.58. The van der Waals surface area contributed by atoms with Crippen molar-refractivity contribution >= 4 is 29.3 Å². The molecule has 0 saturated heterocycles. The SMILES string of the molecule is COc1ccc(Cl)cc1CSCC(=O)NC(C)C(C)C. The van der Waals surface area contributed by atoms with E-state index in [2.05, 4.69) is 19.2 Å². The highest BCUT2D eigenvalue weighted by molar-refractivity contribution is 7.99. The van der Waals surface area contributed by atoms with Crippen LogP contribution in [0.5, 0.6) is 5.75 Å². The van der Waals surface area contributed by atoms with Gasteiger partial charge in [0.2, 0.25) is 5.91 Å². The van der Waals surface area contributed by atoms with Gasteiger partial charge >= 0.3 is 0 Å². The Bertz CT molecular complexity index is 451. The number of ether oxygens (including phenoxy) is 1. The van der Waals surface area contributed by atoms with Crippen molar-refractivity contribution in [2.24, 2.45) is 5.92 Å². The van der Waals surface area contributed by atoms with Crippen LogP contribution in [0.1, 0.15) is 26.3 Å². The third-order valence-corrected chi connectivity index (χ3v) is 4.34. The lowest BCUT2D eigenvalue weighted by Crippen LogP contribution is -2.37. The van der Waals surface area contributed by atoms with Crippen molar-refractivity contribution in [2.45, 2.75) is 32.6 Å². The number of methoxy groups -OCH3 is 1. The molecule has 5 heteroatoms. The zero-order valence-electron chi connectivity index (χ0n) is 12.4. The number of amides is 1. The Balaban J connectivity index is 2.44. The molecule has 112 valence electrons. The Hall–Kier alpha value is -0.870. The van der Waals surface area contributed by atoms with Crippen molar-refractivity contribution < 1.29 is 9.53 Å². The summed E-state index contributed by atoms with van der Waals surface area (Å²) in [6.45, 7) is 6.21. The molecule has 1 N–H and O–H groups in total. The third-order valence-electron chi connectivity index (χ3n) is 3.12. The lowest BCUT2D eigenvalue weighted by atomic mass is 10.1. The molecule has 0 heterocycles. The second-order valence-electron chi connectivity index (χ2n) is 5.05. The van der Waals surface area contributed by atoms with Crippen LogP contribution in [-0.4, -0.2) is 24.8 Å². The van der Waals surface area contributed by atoms with Crippen molar-refractivity contribution in [3.63, 3.8) is 0 Å². The van der Waals surface area contributed by atoms with E-state index in [-0.39, 0.29) is 11.9 Å². The van der Waals surface area contributed by atoms with E-state index >= 15 is 0 Å². The molecule has 0 aliphatic rings. The summed E-state index contributed by atoms with van der Waals surface area (Å²) in [7, 11) is 1.63. The van der Waals surface area contributed by atoms with Gasteiger partial charge in [0.25, 0.3) is 0 Å². The van der Waals surface area contributed by atoms with Gasteiger partial charge < -0.3 is 10.1 Å². The first-order valence-electron chi connectivity index (χ1n) is 6.63. The fourth-order valence-corrected chi connectivity index (χ4v) is 2.59. The van der Waals surface area contributed by atoms with E-state index in [1.165, 1.54) is 0 Å². The molecule has 0 spiro atoms. The third kappa shape index (κ3) is 5.63. The lowest BCUT2D eigenvalue weighted by Gasteiger charge is -2.17. The largest absolute Gasteiger partial charge is 0.496 e. The predicted octanol–water partition coefficient (Wildman–Crippen LogP) is 3.74. The number of thioether (sulfide) groups is 1. The molecule has 0 aliphatic carbocycles. The monoisotopic (exact) mass is 315 g/mol. The highest BCUT2D eigenvalue weighted by atomic mass is 35.5. The van der Waals surface area contributed by atoms with E-state index in [0.717, 1.165) is 11.3 Å². The molecule has 1 aromatic carbocycles. The van der Waals surface area contributed by atoms with Gasteiger partial charge in [-0.15, -0.1) is 11.8 Å². The molecule has 0 saturated carbocycles. The second kappa shape index (κ2) is 8.42. The molecule has 1 atom stereocenters. The van der Waals surface area contributed by atoms with Gasteiger partial charge in [-0.2, -0.15) is 0 Å². The zero-order valence-corrected chi connectivity index (χ0v) is 14.0. The first-order valence-corrected chi connectivity index (χ1v) is 8.16. The molecule has 1 rings (SSSR count). The summed E-state index contributed by atoms with van der Waals surface area (Å²) in [6.07, 6.45) is 0. The van der Waals surface area contributed by atoms with Crippen molar-refractivity contribution in [3.05, 3.63) is 28.8 Å². The minimum absolute atomic E-state index is 0.0668. The summed E-state index contributed by atoms with van der Waals surface area (Å²) >= 11 is 7.53. The molecule has 1 amide bonds. The maximum atomic E-state index is 11.8. The fraction of sp³-hybridized carbons (Fsp3) is 0.533. The predicted molar refractivity (Wildman–Crippen MR) is 86.6 cm³/mol. The van der Waals surface area contributed by atoms with Gasteiger partial charge in [0.1, 0.15) is 5.75 Å². The molecule has 0 bridgehead atoms. The van der Waals surface area contributed by atoms with Gasteiger partial charge in [0, 0.05) is 22.4 Å². The first kappa shape index (κ1) is 17.2. The summed E-state index contributed by atoms with van der Waals surface area (Å²) in [5.41, 5.74) is 1.01. The first-order chi connectivity index (χ1) is 9.43. The minimum atomic E-state index is 0.0668. The van der Waals surface area contributed by atoms with E-state index in [1.54, 1.807) is 24.9 Å². The molecule has 0 aliphatic heterocycles. The number of nitrogens with one attached hydrogen (secondary N) is 1. The number of carbonyl (C=O) groups excluding carboxylic acids is 1. The van der Waals surface area contributed by atoms with Gasteiger partial charge in [0.15, 0.2) is 0 Å². The van der Waals surface area contributed by atoms with Gasteiger partial charge in [-0.05, 0) is 31.0 Å². The average Bonchev–Trinajstić information content (AvgIpc) is 2.38. The molecule has 20 heavy (non-hydrogen) atoms. The number of hydrogen-bond donors (Lipinski definition) is 1. The van der Waals surface area contributed by atoms with E-state index in [4.69, 9.17) is 16.3 Å². The Morgan fingerprint density at radius 2 is 2.10 bits per heavy atom. The molecule has 0 aromatic heterocycles. The van der Waals surface area contributed by atoms with E-state index in [9.17, 15) is 4.79 Å². The van der Waals surface area contributed by atoms with E-state index in [0.29, 0.717) is 22.4 Å². The molecule has 0 fully saturated rings. The Labute approximate surface area is 130 Å². The summed E-state index contributed by atoms with van der Waals surface area (Å²) in [6, 6.07) is 5.72. The highest BCUT2D eigenvalue weighted by Crippen LogP contribution is 2.26. The summed E-state index contributed by atoms with van der Waals surface area (Å²) in [5.74, 6) is 2.45. The summed E-state index contributed by atoms with van der Waals surface area (Å²) in [5, 5.41) is 3.67. The molecule has 3 nitrogen and oxygen atoms in total. The smallest absolute Gasteiger partial charge is 0.230 e. The molecular formula is C15H22ClNO2S. The van der Waals surface area contributed by atoms with Crippen molar-refractivity contribution in [1.82, 2.24) is 5.32 Å². The average molecular weight is 316 g/mol. The van der Waals surface area contributed by atoms with Crippen LogP contribution in [0.15, 0.2) is 18.2 Å². The normalized spacial score (nSPS) is 12.3. The number of hydrogen-bond acceptors (Lipinski definition) is 3. The molecular weight excluding hydrogens is 294 g/mol. The number of carbonyl (C=O) groups is 1. The quantitative estimate of drug-likeness (QED) is 0.833. The van der Waals surface area contributed by atoms with Crippen LogP contribution < -0.4 is 10.1 Å². The van der Waals surface area contributed by atoms with Crippen LogP contribution in [0, 0.1) is 5.92 Å². The van der Waals surface area contributed by atoms with Crippen LogP contribution in [0.2, 0.25) is 5.02 Å². The topological polar surface area (TPSA) is 38.3 Å². The molecule has 1 aromatic rings. The number of rotatable bonds is 7. The van der Waals surface area contributed by atoms with E-state index < -0.39 is 0 Å². The van der Waals surface area contributed by atoms with Crippen molar-refractivity contribution in [1.29, 1.82) is 0 Å². The standard InChI is InChI=1S/C15H22ClNO2S/c1-10(2)11(3)17-15(18)9-20-8-12-7-13(16)5-6-14(12)19-4/h5-7,10-11H,8-9H2,1-4H3,(H,17,18). The number of halogens is 1. The van der Waals surface area contributed by atoms with Crippen LogP contribution in [0.4, 0.5) is 0 Å². The summed E-state index contributed by atoms with van der Waals surface area (Å²) < 4.78 is 5.28. The maximum absolute atomic E-state index is 11.8. The van der Waals surface area contributed by atoms with E-state index in [1.807, 2.05) is 19.1 Å². The Kier molecular flexibility index (Phi) is 7.24. The van der Waals surface area contributed by atoms with Crippen molar-refractivity contribution in [3.8, 4) is 5.75 Å². The Morgan fingerprint density at radius 3 is 2.70 bits per heavy atom. The van der Waals surface area contributed by atoms with Gasteiger partial charge in [-0.25, -0.2) is 0 Å². The highest BCUT2D eigenvalue weighted by Gasteiger charge is 2.11. The second-order valence-corrected chi connectivity index (χ2v) is 6.47. The van der Waals surface area contributed by atoms with Crippen molar-refractivity contribution in [2.75, 3.05) is 12.9 Å². The molecule has 0 radical (unpaired) electrons. The number of benzene rings is 1. The maximum Gasteiger partial charge on any atom is 0.230 e. The van der Waals surface area contributed by atoms with Gasteiger partial charge in [0.05, 0.1) is 12.9 Å².